The minimum absolute atomic E-state index is 0.0105. The Bertz CT molecular complexity index is 843. The van der Waals surface area contributed by atoms with E-state index in [2.05, 4.69) is 29.1 Å². The van der Waals surface area contributed by atoms with Crippen molar-refractivity contribution in [2.24, 2.45) is 50.5 Å². The fourth-order valence-electron chi connectivity index (χ4n) is 8.45. The average molecular weight is 472 g/mol. The lowest BCUT2D eigenvalue weighted by atomic mass is 9.45. The normalized spacial score (nSPS) is 41.3. The third-order valence-electron chi connectivity index (χ3n) is 10.6. The lowest BCUT2D eigenvalue weighted by Gasteiger charge is -2.59. The molecule has 0 amide bonds. The van der Waals surface area contributed by atoms with Crippen molar-refractivity contribution in [1.29, 1.82) is 0 Å². The van der Waals surface area contributed by atoms with E-state index < -0.39 is 0 Å². The summed E-state index contributed by atoms with van der Waals surface area (Å²) in [6.07, 6.45) is 12.5. The van der Waals surface area contributed by atoms with Gasteiger partial charge < -0.3 is 10.6 Å². The first-order chi connectivity index (χ1) is 16.3. The molecule has 0 aromatic rings. The number of unbranched alkanes of at least 4 members (excludes halogenated alkanes) is 1. The first-order valence-electron chi connectivity index (χ1n) is 13.8. The third kappa shape index (κ3) is 4.21. The molecule has 2 N–H and O–H groups in total. The number of nitrogens with zero attached hydrogens (tertiary/aromatic N) is 4. The van der Waals surface area contributed by atoms with Crippen LogP contribution in [0.4, 0.5) is 0 Å². The van der Waals surface area contributed by atoms with Crippen LogP contribution in [0.15, 0.2) is 10.3 Å². The second-order valence-corrected chi connectivity index (χ2v) is 12.2. The van der Waals surface area contributed by atoms with Gasteiger partial charge in [-0.05, 0) is 93.3 Å². The predicted octanol–water partition coefficient (Wildman–Crippen LogP) is 4.23. The molecule has 34 heavy (non-hydrogen) atoms. The summed E-state index contributed by atoms with van der Waals surface area (Å²) in [4.78, 5) is 18.4. The van der Waals surface area contributed by atoms with E-state index in [4.69, 9.17) is 10.6 Å². The summed E-state index contributed by atoms with van der Waals surface area (Å²) in [6, 6.07) is 0. The van der Waals surface area contributed by atoms with E-state index in [1.165, 1.54) is 31.4 Å². The number of hydrogen-bond donors (Lipinski definition) is 1. The molecular formula is C27H45N5O2. The number of oxime groups is 1. The van der Waals surface area contributed by atoms with Crippen LogP contribution < -0.4 is 5.73 Å². The molecule has 0 spiro atoms. The Morgan fingerprint density at radius 2 is 1.97 bits per heavy atom. The molecule has 4 aliphatic carbocycles. The Balaban J connectivity index is 1.08. The zero-order chi connectivity index (χ0) is 23.9. The molecule has 1 heterocycles. The van der Waals surface area contributed by atoms with Crippen LogP contribution in [0.25, 0.3) is 0 Å². The summed E-state index contributed by atoms with van der Waals surface area (Å²) in [5.74, 6) is 3.49. The van der Waals surface area contributed by atoms with Crippen LogP contribution in [0.3, 0.4) is 0 Å². The van der Waals surface area contributed by atoms with Crippen LogP contribution in [0.2, 0.25) is 0 Å². The molecule has 7 nitrogen and oxygen atoms in total. The number of ketones is 1. The van der Waals surface area contributed by atoms with Gasteiger partial charge in [-0.3, -0.25) is 4.79 Å². The van der Waals surface area contributed by atoms with Crippen LogP contribution in [0, 0.1) is 34.5 Å². The monoisotopic (exact) mass is 471 g/mol. The fraction of sp³-hybridized carbons (Fsp3) is 0.889. The van der Waals surface area contributed by atoms with Crippen molar-refractivity contribution in [3.8, 4) is 0 Å². The van der Waals surface area contributed by atoms with Crippen LogP contribution in [-0.2, 0) is 9.63 Å². The predicted molar refractivity (Wildman–Crippen MR) is 135 cm³/mol. The molecule has 4 fully saturated rings. The molecule has 5 rings (SSSR count). The summed E-state index contributed by atoms with van der Waals surface area (Å²) < 4.78 is 0. The first-order valence-corrected chi connectivity index (χ1v) is 13.8. The summed E-state index contributed by atoms with van der Waals surface area (Å²) >= 11 is 0. The zero-order valence-corrected chi connectivity index (χ0v) is 21.6. The molecule has 4 saturated carbocycles. The van der Waals surface area contributed by atoms with Gasteiger partial charge in [0.25, 0.3) is 0 Å². The number of nitrogens with two attached hydrogens (primary N) is 1. The summed E-state index contributed by atoms with van der Waals surface area (Å²) in [6.45, 7) is 7.89. The van der Waals surface area contributed by atoms with E-state index in [-0.39, 0.29) is 5.41 Å². The Kier molecular flexibility index (Phi) is 6.79. The molecule has 0 bridgehead atoms. The molecule has 0 saturated heterocycles. The minimum atomic E-state index is -0.0105. The minimum Gasteiger partial charge on any atom is -0.396 e. The molecule has 1 aliphatic heterocycles. The van der Waals surface area contributed by atoms with E-state index in [1.807, 2.05) is 12.2 Å². The highest BCUT2D eigenvalue weighted by Gasteiger charge is 2.60. The zero-order valence-electron chi connectivity index (χ0n) is 21.6. The fourth-order valence-corrected chi connectivity index (χ4v) is 8.45. The first kappa shape index (κ1) is 24.2. The van der Waals surface area contributed by atoms with Crippen molar-refractivity contribution in [3.05, 3.63) is 0 Å². The van der Waals surface area contributed by atoms with Gasteiger partial charge in [-0.1, -0.05) is 19.0 Å². The van der Waals surface area contributed by atoms with E-state index in [0.717, 1.165) is 81.5 Å². The number of hydrazine groups is 1. The van der Waals surface area contributed by atoms with Crippen molar-refractivity contribution in [2.75, 3.05) is 33.3 Å². The van der Waals surface area contributed by atoms with Gasteiger partial charge in [0.2, 0.25) is 0 Å². The van der Waals surface area contributed by atoms with Gasteiger partial charge >= 0.3 is 0 Å². The molecule has 7 heteroatoms. The van der Waals surface area contributed by atoms with Crippen molar-refractivity contribution in [2.45, 2.75) is 84.5 Å². The number of fused-ring (bicyclic) bond motifs is 5. The number of carbonyl (C=O) groups is 1. The Morgan fingerprint density at radius 1 is 1.12 bits per heavy atom. The van der Waals surface area contributed by atoms with Crippen LogP contribution in [0.1, 0.15) is 84.5 Å². The van der Waals surface area contributed by atoms with Gasteiger partial charge in [0, 0.05) is 32.0 Å². The summed E-state index contributed by atoms with van der Waals surface area (Å²) in [7, 11) is 1.98. The van der Waals surface area contributed by atoms with Crippen molar-refractivity contribution >= 4 is 17.2 Å². The SMILES string of the molecule is CN1N=C(CN)CN1CCCCON=C1CCC2(C)C(CCC3C4CCC(=O)C4(C)CCC32)C1. The van der Waals surface area contributed by atoms with E-state index in [1.54, 1.807) is 0 Å². The van der Waals surface area contributed by atoms with Crippen molar-refractivity contribution < 1.29 is 9.63 Å². The van der Waals surface area contributed by atoms with Crippen LogP contribution in [-0.4, -0.2) is 60.6 Å². The second-order valence-electron chi connectivity index (χ2n) is 12.2. The van der Waals surface area contributed by atoms with Gasteiger partial charge in [-0.15, -0.1) is 0 Å². The van der Waals surface area contributed by atoms with Gasteiger partial charge in [0.15, 0.2) is 0 Å². The number of hydrazone groups is 1. The lowest BCUT2D eigenvalue weighted by molar-refractivity contribution is -0.137. The van der Waals surface area contributed by atoms with Gasteiger partial charge in [0.05, 0.1) is 18.0 Å². The summed E-state index contributed by atoms with van der Waals surface area (Å²) in [5, 5.41) is 13.2. The molecule has 0 radical (unpaired) electrons. The Hall–Kier alpha value is -1.47. The maximum Gasteiger partial charge on any atom is 0.139 e. The van der Waals surface area contributed by atoms with Crippen molar-refractivity contribution in [3.63, 3.8) is 0 Å². The van der Waals surface area contributed by atoms with Crippen LogP contribution >= 0.6 is 0 Å². The third-order valence-corrected chi connectivity index (χ3v) is 10.6. The second kappa shape index (κ2) is 9.53. The van der Waals surface area contributed by atoms with Gasteiger partial charge in [0.1, 0.15) is 12.4 Å². The van der Waals surface area contributed by atoms with Crippen molar-refractivity contribution in [1.82, 2.24) is 10.1 Å². The van der Waals surface area contributed by atoms with E-state index >= 15 is 0 Å². The maximum absolute atomic E-state index is 12.6. The average Bonchev–Trinajstić information content (AvgIpc) is 3.34. The highest BCUT2D eigenvalue weighted by molar-refractivity contribution is 5.89. The maximum atomic E-state index is 12.6. The number of hydrogen-bond acceptors (Lipinski definition) is 7. The van der Waals surface area contributed by atoms with Gasteiger partial charge in [-0.2, -0.15) is 10.1 Å². The molecular weight excluding hydrogens is 426 g/mol. The topological polar surface area (TPSA) is 83.5 Å². The standard InChI is InChI=1S/C27H45N5O2/c1-26-12-10-20(30-34-15-5-4-14-32-18-21(17-28)29-31(32)3)16-19(26)6-7-22-23-8-9-25(33)27(23,2)13-11-24(22)26/h19,22-24H,4-18,28H2,1-3H3. The molecule has 6 atom stereocenters. The van der Waals surface area contributed by atoms with Crippen LogP contribution in [0.5, 0.6) is 0 Å². The quantitative estimate of drug-likeness (QED) is 0.444. The lowest BCUT2D eigenvalue weighted by Crippen LogP contribution is -2.53. The molecule has 190 valence electrons. The molecule has 0 aromatic heterocycles. The van der Waals surface area contributed by atoms with Gasteiger partial charge in [-0.25, -0.2) is 5.12 Å². The highest BCUT2D eigenvalue weighted by Crippen LogP contribution is 2.65. The number of rotatable bonds is 7. The smallest absolute Gasteiger partial charge is 0.139 e. The Labute approximate surface area is 205 Å². The molecule has 5 aliphatic rings. The highest BCUT2D eigenvalue weighted by atomic mass is 16.6. The summed E-state index contributed by atoms with van der Waals surface area (Å²) in [5.41, 5.74) is 8.43. The number of Topliss-reactive ketones (excluding diaryl/α,β-unsaturated/α-hetero) is 1. The number of carbonyl (C=O) groups excluding carboxylic acids is 1. The largest absolute Gasteiger partial charge is 0.396 e. The molecule has 6 unspecified atom stereocenters. The molecule has 0 aromatic carbocycles. The van der Waals surface area contributed by atoms with E-state index in [0.29, 0.717) is 30.3 Å². The Morgan fingerprint density at radius 3 is 2.76 bits per heavy atom. The van der Waals surface area contributed by atoms with E-state index in [9.17, 15) is 4.79 Å².